The number of sulfonamides is 1. The monoisotopic (exact) mass is 475 g/mol. The minimum Gasteiger partial charge on any atom is -0.497 e. The number of anilines is 1. The van der Waals surface area contributed by atoms with E-state index in [-0.39, 0.29) is 33.7 Å². The van der Waals surface area contributed by atoms with Crippen LogP contribution in [0.15, 0.2) is 59.8 Å². The van der Waals surface area contributed by atoms with Gasteiger partial charge in [0, 0.05) is 40.8 Å². The molecule has 1 heterocycles. The number of alkyl halides is 1. The third kappa shape index (κ3) is 5.91. The molecule has 0 aliphatic rings. The molecule has 3 rings (SSSR count). The van der Waals surface area contributed by atoms with Gasteiger partial charge in [0.1, 0.15) is 17.2 Å². The maximum absolute atomic E-state index is 14.3. The summed E-state index contributed by atoms with van der Waals surface area (Å²) < 4.78 is 57.9. The number of methoxy groups -OCH3 is 1. The summed E-state index contributed by atoms with van der Waals surface area (Å²) in [5, 5.41) is 7.93. The van der Waals surface area contributed by atoms with Crippen molar-refractivity contribution < 1.29 is 26.7 Å². The van der Waals surface area contributed by atoms with Gasteiger partial charge >= 0.3 is 0 Å². The second kappa shape index (κ2) is 9.24. The molecule has 3 N–H and O–H groups in total. The summed E-state index contributed by atoms with van der Waals surface area (Å²) in [6, 6.07) is 9.72. The first-order valence-corrected chi connectivity index (χ1v) is 11.4. The van der Waals surface area contributed by atoms with Crippen molar-refractivity contribution in [3.63, 3.8) is 0 Å². The number of rotatable bonds is 7. The lowest BCUT2D eigenvalue weighted by Gasteiger charge is -2.16. The largest absolute Gasteiger partial charge is 0.497 e. The van der Waals surface area contributed by atoms with Crippen LogP contribution < -0.4 is 15.2 Å². The Labute approximate surface area is 190 Å². The molecule has 0 unspecified atom stereocenters. The van der Waals surface area contributed by atoms with Crippen LogP contribution in [0.3, 0.4) is 0 Å². The van der Waals surface area contributed by atoms with Gasteiger partial charge in [0.2, 0.25) is 15.9 Å². The summed E-state index contributed by atoms with van der Waals surface area (Å²) >= 11 is 0. The van der Waals surface area contributed by atoms with E-state index < -0.39 is 27.4 Å². The van der Waals surface area contributed by atoms with Crippen LogP contribution >= 0.6 is 0 Å². The number of nitrogens with two attached hydrogens (primary N) is 1. The van der Waals surface area contributed by atoms with Crippen molar-refractivity contribution in [2.24, 2.45) is 5.14 Å². The van der Waals surface area contributed by atoms with Crippen molar-refractivity contribution in [2.45, 2.75) is 30.8 Å². The van der Waals surface area contributed by atoms with E-state index in [0.717, 1.165) is 6.07 Å². The van der Waals surface area contributed by atoms with Gasteiger partial charge in [-0.25, -0.2) is 22.3 Å². The number of hydrogen-bond acceptors (Lipinski definition) is 5. The number of primary sulfonamides is 1. The highest BCUT2D eigenvalue weighted by Gasteiger charge is 2.22. The molecule has 0 saturated heterocycles. The van der Waals surface area contributed by atoms with E-state index in [1.54, 1.807) is 0 Å². The third-order valence-corrected chi connectivity index (χ3v) is 5.87. The molecule has 0 aliphatic heterocycles. The van der Waals surface area contributed by atoms with Crippen molar-refractivity contribution in [3.05, 3.63) is 71.8 Å². The van der Waals surface area contributed by atoms with Gasteiger partial charge in [-0.15, -0.1) is 0 Å². The zero-order chi connectivity index (χ0) is 24.4. The van der Waals surface area contributed by atoms with Crippen LogP contribution in [-0.4, -0.2) is 26.4 Å². The van der Waals surface area contributed by atoms with Crippen LogP contribution in [0, 0.1) is 5.82 Å². The quantitative estimate of drug-likeness (QED) is 0.538. The zero-order valence-electron chi connectivity index (χ0n) is 18.2. The number of carbonyl (C=O) groups is 1. The summed E-state index contributed by atoms with van der Waals surface area (Å²) in [5.41, 5.74) is -0.574. The fraction of sp³-hybridized carbons (Fsp3) is 0.217. The van der Waals surface area contributed by atoms with Gasteiger partial charge in [-0.3, -0.25) is 9.78 Å². The van der Waals surface area contributed by atoms with E-state index in [2.05, 4.69) is 10.3 Å². The Kier molecular flexibility index (Phi) is 6.80. The van der Waals surface area contributed by atoms with Crippen LogP contribution in [0.25, 0.3) is 11.1 Å². The molecule has 1 aromatic heterocycles. The number of amides is 1. The summed E-state index contributed by atoms with van der Waals surface area (Å²) in [7, 11) is -2.81. The summed E-state index contributed by atoms with van der Waals surface area (Å²) in [5.74, 6) is -0.844. The second-order valence-electron chi connectivity index (χ2n) is 7.87. The maximum atomic E-state index is 14.3. The van der Waals surface area contributed by atoms with Gasteiger partial charge in [0.25, 0.3) is 0 Å². The van der Waals surface area contributed by atoms with Crippen LogP contribution in [-0.2, 0) is 26.9 Å². The lowest BCUT2D eigenvalue weighted by Crippen LogP contribution is -2.17. The Bertz CT molecular complexity index is 1310. The maximum Gasteiger partial charge on any atom is 0.238 e. The van der Waals surface area contributed by atoms with Gasteiger partial charge in [0.05, 0.1) is 18.4 Å². The topological polar surface area (TPSA) is 111 Å². The summed E-state index contributed by atoms with van der Waals surface area (Å²) in [4.78, 5) is 16.1. The normalized spacial score (nSPS) is 11.8. The molecule has 0 aliphatic carbocycles. The lowest BCUT2D eigenvalue weighted by molar-refractivity contribution is -0.115. The number of aromatic nitrogens is 1. The fourth-order valence-corrected chi connectivity index (χ4v) is 3.95. The molecule has 1 amide bonds. The molecule has 0 radical (unpaired) electrons. The molecule has 3 aromatic rings. The number of hydrogen-bond donors (Lipinski definition) is 2. The molecule has 0 fully saturated rings. The van der Waals surface area contributed by atoms with Gasteiger partial charge in [0.15, 0.2) is 0 Å². The molecule has 0 saturated carbocycles. The molecule has 0 bridgehead atoms. The highest BCUT2D eigenvalue weighted by Crippen LogP contribution is 2.32. The Hall–Kier alpha value is -3.37. The standard InChI is InChI=1S/C23H23F2N3O4S/c1-23(2,25)16-8-15(12-27-13-16)19-7-5-17(10-21(19)33(26,30)31)28-22(29)9-14-4-6-18(32-3)11-20(14)24/h4-8,10-13H,9H2,1-3H3,(H,28,29)(H2,26,30,31). The van der Waals surface area contributed by atoms with Gasteiger partial charge in [-0.2, -0.15) is 0 Å². The molecular weight excluding hydrogens is 452 g/mol. The van der Waals surface area contributed by atoms with Crippen molar-refractivity contribution in [1.82, 2.24) is 4.98 Å². The van der Waals surface area contributed by atoms with E-state index in [1.165, 1.54) is 69.7 Å². The Balaban J connectivity index is 1.91. The zero-order valence-corrected chi connectivity index (χ0v) is 19.0. The van der Waals surface area contributed by atoms with Crippen LogP contribution in [0.4, 0.5) is 14.5 Å². The first-order valence-electron chi connectivity index (χ1n) is 9.82. The van der Waals surface area contributed by atoms with Gasteiger partial charge in [-0.05, 0) is 43.7 Å². The predicted octanol–water partition coefficient (Wildman–Crippen LogP) is 3.93. The molecule has 0 atom stereocenters. The summed E-state index contributed by atoms with van der Waals surface area (Å²) in [6.45, 7) is 2.72. The Morgan fingerprint density at radius 2 is 1.88 bits per heavy atom. The first-order chi connectivity index (χ1) is 15.4. The van der Waals surface area contributed by atoms with Gasteiger partial charge < -0.3 is 10.1 Å². The van der Waals surface area contributed by atoms with Crippen LogP contribution in [0.1, 0.15) is 25.0 Å². The van der Waals surface area contributed by atoms with E-state index in [0.29, 0.717) is 11.3 Å². The predicted molar refractivity (Wildman–Crippen MR) is 120 cm³/mol. The number of pyridine rings is 1. The van der Waals surface area contributed by atoms with Crippen molar-refractivity contribution in [3.8, 4) is 16.9 Å². The SMILES string of the molecule is COc1ccc(CC(=O)Nc2ccc(-c3cncc(C(C)(C)F)c3)c(S(N)(=O)=O)c2)c(F)c1. The van der Waals surface area contributed by atoms with E-state index in [1.807, 2.05) is 0 Å². The third-order valence-electron chi connectivity index (χ3n) is 4.92. The fourth-order valence-electron chi connectivity index (χ4n) is 3.16. The molecule has 0 spiro atoms. The van der Waals surface area contributed by atoms with E-state index in [4.69, 9.17) is 9.88 Å². The molecule has 2 aromatic carbocycles. The number of nitrogens with zero attached hydrogens (tertiary/aromatic N) is 1. The van der Waals surface area contributed by atoms with Crippen LogP contribution in [0.2, 0.25) is 0 Å². The second-order valence-corrected chi connectivity index (χ2v) is 9.40. The number of nitrogens with one attached hydrogen (secondary N) is 1. The number of halogens is 2. The minimum atomic E-state index is -4.21. The number of carbonyl (C=O) groups excluding carboxylic acids is 1. The van der Waals surface area contributed by atoms with Crippen molar-refractivity contribution >= 4 is 21.6 Å². The molecule has 174 valence electrons. The van der Waals surface area contributed by atoms with E-state index >= 15 is 0 Å². The van der Waals surface area contributed by atoms with Gasteiger partial charge in [-0.1, -0.05) is 12.1 Å². The highest BCUT2D eigenvalue weighted by atomic mass is 32.2. The lowest BCUT2D eigenvalue weighted by atomic mass is 9.98. The minimum absolute atomic E-state index is 0.147. The molecule has 33 heavy (non-hydrogen) atoms. The van der Waals surface area contributed by atoms with Crippen molar-refractivity contribution in [2.75, 3.05) is 12.4 Å². The molecular formula is C23H23F2N3O4S. The smallest absolute Gasteiger partial charge is 0.238 e. The molecule has 7 nitrogen and oxygen atoms in total. The Morgan fingerprint density at radius 1 is 1.15 bits per heavy atom. The number of benzene rings is 2. The first kappa shape index (κ1) is 24.3. The number of ether oxygens (including phenoxy) is 1. The molecule has 10 heteroatoms. The highest BCUT2D eigenvalue weighted by molar-refractivity contribution is 7.89. The van der Waals surface area contributed by atoms with E-state index in [9.17, 15) is 22.0 Å². The Morgan fingerprint density at radius 3 is 2.48 bits per heavy atom. The average Bonchev–Trinajstić information content (AvgIpc) is 2.74. The van der Waals surface area contributed by atoms with Crippen LogP contribution in [0.5, 0.6) is 5.75 Å². The summed E-state index contributed by atoms with van der Waals surface area (Å²) in [6.07, 6.45) is 2.47. The average molecular weight is 476 g/mol. The van der Waals surface area contributed by atoms with Crippen molar-refractivity contribution in [1.29, 1.82) is 0 Å².